The van der Waals surface area contributed by atoms with Gasteiger partial charge in [0, 0.05) is 36.2 Å². The molecule has 5 rings (SSSR count). The summed E-state index contributed by atoms with van der Waals surface area (Å²) in [5, 5.41) is 10.3. The van der Waals surface area contributed by atoms with Crippen molar-refractivity contribution in [3.05, 3.63) is 59.3 Å². The lowest BCUT2D eigenvalue weighted by Crippen LogP contribution is -2.63. The summed E-state index contributed by atoms with van der Waals surface area (Å²) in [5.74, 6) is 0.975. The van der Waals surface area contributed by atoms with Gasteiger partial charge in [0.2, 0.25) is 11.8 Å². The molecular formula is C25H27N3O5. The van der Waals surface area contributed by atoms with Crippen LogP contribution in [0.15, 0.2) is 42.5 Å². The van der Waals surface area contributed by atoms with Crippen molar-refractivity contribution in [1.29, 1.82) is 0 Å². The van der Waals surface area contributed by atoms with Crippen LogP contribution in [0.25, 0.3) is 10.9 Å². The highest BCUT2D eigenvalue weighted by Gasteiger charge is 2.48. The van der Waals surface area contributed by atoms with Crippen LogP contribution in [0.3, 0.4) is 0 Å². The number of nitrogens with one attached hydrogen (secondary N) is 1. The van der Waals surface area contributed by atoms with Gasteiger partial charge in [-0.1, -0.05) is 24.3 Å². The molecule has 0 unspecified atom stereocenters. The second-order valence-corrected chi connectivity index (χ2v) is 8.44. The summed E-state index contributed by atoms with van der Waals surface area (Å²) in [5.41, 5.74) is 3.79. The third kappa shape index (κ3) is 3.41. The lowest BCUT2D eigenvalue weighted by atomic mass is 9.86. The first-order valence-corrected chi connectivity index (χ1v) is 11.1. The number of piperazine rings is 1. The average molecular weight is 450 g/mol. The number of methoxy groups -OCH3 is 2. The molecule has 8 nitrogen and oxygen atoms in total. The topological polar surface area (TPSA) is 95.1 Å². The van der Waals surface area contributed by atoms with Crippen LogP contribution in [0.1, 0.15) is 29.3 Å². The number of fused-ring (bicyclic) bond motifs is 4. The van der Waals surface area contributed by atoms with E-state index in [0.717, 1.165) is 27.7 Å². The lowest BCUT2D eigenvalue weighted by Gasteiger charge is -2.47. The molecule has 2 N–H and O–H groups in total. The van der Waals surface area contributed by atoms with E-state index < -0.39 is 12.1 Å². The van der Waals surface area contributed by atoms with Gasteiger partial charge in [0.05, 0.1) is 26.8 Å². The largest absolute Gasteiger partial charge is 0.493 e. The summed E-state index contributed by atoms with van der Waals surface area (Å²) in [4.78, 5) is 33.7. The maximum absolute atomic E-state index is 13.5. The van der Waals surface area contributed by atoms with E-state index in [2.05, 4.69) is 4.98 Å². The number of amides is 2. The first-order chi connectivity index (χ1) is 16.1. The van der Waals surface area contributed by atoms with Gasteiger partial charge in [-0.25, -0.2) is 0 Å². The summed E-state index contributed by atoms with van der Waals surface area (Å²) in [6.07, 6.45) is 0.895. The Kier molecular flexibility index (Phi) is 5.46. The van der Waals surface area contributed by atoms with Crippen LogP contribution in [-0.2, 0) is 16.0 Å². The molecule has 3 aromatic rings. The minimum absolute atomic E-state index is 0.00862. The van der Waals surface area contributed by atoms with Crippen molar-refractivity contribution in [3.8, 4) is 11.5 Å². The van der Waals surface area contributed by atoms with Gasteiger partial charge >= 0.3 is 0 Å². The van der Waals surface area contributed by atoms with E-state index in [-0.39, 0.29) is 25.0 Å². The third-order valence-corrected chi connectivity index (χ3v) is 6.65. The number of hydrogen-bond donors (Lipinski definition) is 2. The molecule has 0 radical (unpaired) electrons. The molecule has 3 heterocycles. The summed E-state index contributed by atoms with van der Waals surface area (Å²) < 4.78 is 10.9. The molecule has 1 aromatic heterocycles. The highest BCUT2D eigenvalue weighted by molar-refractivity contribution is 5.97. The Hall–Kier alpha value is -3.52. The van der Waals surface area contributed by atoms with Gasteiger partial charge < -0.3 is 29.4 Å². The maximum atomic E-state index is 13.5. The minimum Gasteiger partial charge on any atom is -0.493 e. The zero-order valence-electron chi connectivity index (χ0n) is 18.7. The summed E-state index contributed by atoms with van der Waals surface area (Å²) in [7, 11) is 3.16. The Morgan fingerprint density at radius 2 is 1.88 bits per heavy atom. The predicted molar refractivity (Wildman–Crippen MR) is 122 cm³/mol. The fraction of sp³-hybridized carbons (Fsp3) is 0.360. The van der Waals surface area contributed by atoms with E-state index in [1.54, 1.807) is 24.0 Å². The van der Waals surface area contributed by atoms with Gasteiger partial charge in [0.25, 0.3) is 0 Å². The first-order valence-electron chi connectivity index (χ1n) is 11.1. The molecule has 1 saturated heterocycles. The molecule has 0 aliphatic carbocycles. The van der Waals surface area contributed by atoms with E-state index in [4.69, 9.17) is 9.47 Å². The van der Waals surface area contributed by atoms with E-state index in [1.165, 1.54) is 0 Å². The molecule has 2 aliphatic rings. The molecular weight excluding hydrogens is 422 g/mol. The molecule has 0 bridgehead atoms. The highest BCUT2D eigenvalue weighted by atomic mass is 16.5. The lowest BCUT2D eigenvalue weighted by molar-refractivity contribution is -0.158. The number of aromatic nitrogens is 1. The smallest absolute Gasteiger partial charge is 0.246 e. The number of carbonyl (C=O) groups is 2. The van der Waals surface area contributed by atoms with Crippen LogP contribution in [0.4, 0.5) is 0 Å². The van der Waals surface area contributed by atoms with Crippen LogP contribution in [0.2, 0.25) is 0 Å². The molecule has 172 valence electrons. The van der Waals surface area contributed by atoms with Crippen LogP contribution < -0.4 is 9.47 Å². The number of para-hydroxylation sites is 1. The fourth-order valence-electron chi connectivity index (χ4n) is 5.14. The Morgan fingerprint density at radius 3 is 2.64 bits per heavy atom. The standard InChI is InChI=1S/C25H27N3O5/c1-32-20-9-8-15(12-21(20)33-2)24-23-17(16-6-3-4-7-18(16)26-23)13-19-25(31)27(10-5-11-29)14-22(30)28(19)24/h3-4,6-9,12,19,24,26,29H,5,10-11,13-14H2,1-2H3/t19-,24-/m0/s1. The number of aliphatic hydroxyl groups is 1. The number of aromatic amines is 1. The molecule has 2 aromatic carbocycles. The maximum Gasteiger partial charge on any atom is 0.246 e. The molecule has 2 amide bonds. The molecule has 8 heteroatoms. The van der Waals surface area contributed by atoms with Gasteiger partial charge in [-0.2, -0.15) is 0 Å². The Balaban J connectivity index is 1.67. The van der Waals surface area contributed by atoms with Crippen LogP contribution in [-0.4, -0.2) is 71.7 Å². The van der Waals surface area contributed by atoms with Crippen LogP contribution >= 0.6 is 0 Å². The molecule has 0 saturated carbocycles. The van der Waals surface area contributed by atoms with Gasteiger partial charge in [0.15, 0.2) is 11.5 Å². The van der Waals surface area contributed by atoms with Gasteiger partial charge in [0.1, 0.15) is 6.04 Å². The molecule has 33 heavy (non-hydrogen) atoms. The predicted octanol–water partition coefficient (Wildman–Crippen LogP) is 2.25. The molecule has 2 aliphatic heterocycles. The molecule has 2 atom stereocenters. The summed E-state index contributed by atoms with van der Waals surface area (Å²) >= 11 is 0. The number of hydrogen-bond acceptors (Lipinski definition) is 5. The van der Waals surface area contributed by atoms with E-state index >= 15 is 0 Å². The first kappa shape index (κ1) is 21.3. The summed E-state index contributed by atoms with van der Waals surface area (Å²) in [6.45, 7) is 0.356. The van der Waals surface area contributed by atoms with Crippen molar-refractivity contribution in [2.45, 2.75) is 24.9 Å². The zero-order chi connectivity index (χ0) is 23.1. The SMILES string of the molecule is COc1ccc([C@H]2c3[nH]c4ccccc4c3C[C@H]3C(=O)N(CCCO)CC(=O)N23)cc1OC. The highest BCUT2D eigenvalue weighted by Crippen LogP contribution is 2.44. The quantitative estimate of drug-likeness (QED) is 0.602. The number of benzene rings is 2. The second kappa shape index (κ2) is 8.44. The zero-order valence-corrected chi connectivity index (χ0v) is 18.7. The van der Waals surface area contributed by atoms with Crippen molar-refractivity contribution in [2.24, 2.45) is 0 Å². The Morgan fingerprint density at radius 1 is 1.09 bits per heavy atom. The van der Waals surface area contributed by atoms with Crippen molar-refractivity contribution in [3.63, 3.8) is 0 Å². The van der Waals surface area contributed by atoms with Gasteiger partial charge in [-0.15, -0.1) is 0 Å². The summed E-state index contributed by atoms with van der Waals surface area (Å²) in [6, 6.07) is 12.6. The van der Waals surface area contributed by atoms with Gasteiger partial charge in [-0.05, 0) is 35.7 Å². The average Bonchev–Trinajstić information content (AvgIpc) is 3.22. The third-order valence-electron chi connectivity index (χ3n) is 6.65. The normalized spacial score (nSPS) is 20.1. The van der Waals surface area contributed by atoms with Crippen molar-refractivity contribution >= 4 is 22.7 Å². The van der Waals surface area contributed by atoms with Crippen molar-refractivity contribution in [2.75, 3.05) is 33.9 Å². The molecule has 1 fully saturated rings. The number of rotatable bonds is 6. The number of ether oxygens (including phenoxy) is 2. The number of carbonyl (C=O) groups excluding carboxylic acids is 2. The Bertz CT molecular complexity index is 1220. The minimum atomic E-state index is -0.602. The van der Waals surface area contributed by atoms with Crippen molar-refractivity contribution in [1.82, 2.24) is 14.8 Å². The van der Waals surface area contributed by atoms with Crippen LogP contribution in [0, 0.1) is 0 Å². The van der Waals surface area contributed by atoms with E-state index in [9.17, 15) is 14.7 Å². The van der Waals surface area contributed by atoms with Gasteiger partial charge in [-0.3, -0.25) is 9.59 Å². The number of nitrogens with zero attached hydrogens (tertiary/aromatic N) is 2. The Labute approximate surface area is 191 Å². The van der Waals surface area contributed by atoms with Crippen LogP contribution in [0.5, 0.6) is 11.5 Å². The number of H-pyrrole nitrogens is 1. The molecule has 0 spiro atoms. The van der Waals surface area contributed by atoms with E-state index in [1.807, 2.05) is 42.5 Å². The fourth-order valence-corrected chi connectivity index (χ4v) is 5.14. The number of aliphatic hydroxyl groups excluding tert-OH is 1. The van der Waals surface area contributed by atoms with E-state index in [0.29, 0.717) is 30.9 Å². The monoisotopic (exact) mass is 449 g/mol. The van der Waals surface area contributed by atoms with Crippen molar-refractivity contribution < 1.29 is 24.2 Å². The second-order valence-electron chi connectivity index (χ2n) is 8.44.